The molecular weight excluding hydrogens is 274 g/mol. The first-order valence-electron chi connectivity index (χ1n) is 6.08. The number of hydrogen-bond acceptors (Lipinski definition) is 2. The van der Waals surface area contributed by atoms with Gasteiger partial charge in [-0.3, -0.25) is 4.79 Å². The molecule has 19 heavy (non-hydrogen) atoms. The molecule has 1 aliphatic rings. The van der Waals surface area contributed by atoms with E-state index in [-0.39, 0.29) is 49.0 Å². The molecule has 0 aliphatic carbocycles. The van der Waals surface area contributed by atoms with E-state index in [1.165, 1.54) is 17.0 Å². The van der Waals surface area contributed by atoms with Crippen LogP contribution in [-0.4, -0.2) is 36.1 Å². The van der Waals surface area contributed by atoms with Gasteiger partial charge in [-0.1, -0.05) is 11.6 Å². The van der Waals surface area contributed by atoms with E-state index in [0.29, 0.717) is 0 Å². The summed E-state index contributed by atoms with van der Waals surface area (Å²) < 4.78 is 27.2. The molecule has 1 amide bonds. The van der Waals surface area contributed by atoms with Crippen molar-refractivity contribution in [1.29, 1.82) is 0 Å². The van der Waals surface area contributed by atoms with Gasteiger partial charge in [-0.05, 0) is 18.2 Å². The van der Waals surface area contributed by atoms with Crippen LogP contribution in [0.25, 0.3) is 0 Å². The average Bonchev–Trinajstić information content (AvgIpc) is 2.42. The zero-order valence-electron chi connectivity index (χ0n) is 10.3. The Morgan fingerprint density at radius 1 is 1.42 bits per heavy atom. The minimum absolute atomic E-state index is 0.0268. The maximum Gasteiger partial charge on any atom is 0.253 e. The molecule has 2 rings (SSSR count). The number of piperidine rings is 1. The molecule has 0 atom stereocenters. The predicted octanol–water partition coefficient (Wildman–Crippen LogP) is 2.38. The van der Waals surface area contributed by atoms with E-state index >= 15 is 0 Å². The number of likely N-dealkylation sites (tertiary alicyclic amines) is 1. The van der Waals surface area contributed by atoms with Crippen LogP contribution in [0.3, 0.4) is 0 Å². The minimum atomic E-state index is -1.39. The van der Waals surface area contributed by atoms with Crippen molar-refractivity contribution in [1.82, 2.24) is 4.90 Å². The maximum absolute atomic E-state index is 13.9. The molecule has 1 saturated heterocycles. The van der Waals surface area contributed by atoms with Crippen molar-refractivity contribution in [3.8, 4) is 0 Å². The topological polar surface area (TPSA) is 46.3 Å². The number of alkyl halides is 1. The highest BCUT2D eigenvalue weighted by atomic mass is 35.5. The molecule has 2 N–H and O–H groups in total. The van der Waals surface area contributed by atoms with E-state index in [0.717, 1.165) is 6.07 Å². The number of benzene rings is 1. The van der Waals surface area contributed by atoms with Crippen LogP contribution in [0.2, 0.25) is 5.02 Å². The Kier molecular flexibility index (Phi) is 4.06. The van der Waals surface area contributed by atoms with E-state index in [2.05, 4.69) is 0 Å². The molecule has 1 aromatic rings. The molecule has 1 heterocycles. The van der Waals surface area contributed by atoms with Crippen LogP contribution in [0.4, 0.5) is 8.78 Å². The third-order valence-corrected chi connectivity index (χ3v) is 3.79. The number of hydrogen-bond donors (Lipinski definition) is 1. The number of carbonyl (C=O) groups excluding carboxylic acids is 1. The average molecular weight is 289 g/mol. The van der Waals surface area contributed by atoms with Gasteiger partial charge in [0, 0.05) is 38.0 Å². The minimum Gasteiger partial charge on any atom is -0.338 e. The van der Waals surface area contributed by atoms with Crippen molar-refractivity contribution in [2.75, 3.05) is 19.6 Å². The van der Waals surface area contributed by atoms with Gasteiger partial charge in [0.2, 0.25) is 0 Å². The molecule has 0 spiro atoms. The first-order chi connectivity index (χ1) is 8.95. The van der Waals surface area contributed by atoms with E-state index < -0.39 is 11.5 Å². The lowest BCUT2D eigenvalue weighted by atomic mass is 9.93. The van der Waals surface area contributed by atoms with Gasteiger partial charge in [-0.2, -0.15) is 0 Å². The SMILES string of the molecule is NCC1(F)CCN(C(=O)c2ccc(Cl)c(F)c2)CC1. The lowest BCUT2D eigenvalue weighted by Gasteiger charge is -2.35. The Bertz CT molecular complexity index is 488. The standard InChI is InChI=1S/C13H15ClF2N2O/c14-10-2-1-9(7-11(10)15)12(19)18-5-3-13(16,8-17)4-6-18/h1-2,7H,3-6,8,17H2. The zero-order valence-corrected chi connectivity index (χ0v) is 11.1. The first-order valence-corrected chi connectivity index (χ1v) is 6.46. The molecule has 0 saturated carbocycles. The van der Waals surface area contributed by atoms with Crippen LogP contribution in [0.1, 0.15) is 23.2 Å². The van der Waals surface area contributed by atoms with Gasteiger partial charge in [-0.25, -0.2) is 8.78 Å². The van der Waals surface area contributed by atoms with Crippen LogP contribution in [0.5, 0.6) is 0 Å². The molecule has 104 valence electrons. The summed E-state index contributed by atoms with van der Waals surface area (Å²) in [5.74, 6) is -0.944. The van der Waals surface area contributed by atoms with Gasteiger partial charge in [0.05, 0.1) is 5.02 Å². The smallest absolute Gasteiger partial charge is 0.253 e. The summed E-state index contributed by atoms with van der Waals surface area (Å²) in [5, 5.41) is -0.0268. The van der Waals surface area contributed by atoms with Gasteiger partial charge in [0.1, 0.15) is 11.5 Å². The molecule has 0 unspecified atom stereocenters. The van der Waals surface area contributed by atoms with Gasteiger partial charge >= 0.3 is 0 Å². The van der Waals surface area contributed by atoms with Gasteiger partial charge in [0.25, 0.3) is 5.91 Å². The molecule has 0 bridgehead atoms. The van der Waals surface area contributed by atoms with Crippen molar-refractivity contribution in [3.63, 3.8) is 0 Å². The normalized spacial score (nSPS) is 18.4. The van der Waals surface area contributed by atoms with Crippen LogP contribution >= 0.6 is 11.6 Å². The van der Waals surface area contributed by atoms with Crippen molar-refractivity contribution in [3.05, 3.63) is 34.6 Å². The highest BCUT2D eigenvalue weighted by molar-refractivity contribution is 6.30. The summed E-state index contributed by atoms with van der Waals surface area (Å²) in [6.07, 6.45) is 0.427. The van der Waals surface area contributed by atoms with Gasteiger partial charge < -0.3 is 10.6 Å². The summed E-state index contributed by atoms with van der Waals surface area (Å²) in [5.41, 5.74) is 4.20. The molecule has 0 radical (unpaired) electrons. The number of nitrogens with zero attached hydrogens (tertiary/aromatic N) is 1. The lowest BCUT2D eigenvalue weighted by Crippen LogP contribution is -2.47. The number of nitrogens with two attached hydrogens (primary N) is 1. The molecule has 3 nitrogen and oxygen atoms in total. The molecule has 0 aromatic heterocycles. The maximum atomic E-state index is 13.9. The quantitative estimate of drug-likeness (QED) is 0.908. The van der Waals surface area contributed by atoms with Crippen LogP contribution in [0.15, 0.2) is 18.2 Å². The summed E-state index contributed by atoms with van der Waals surface area (Å²) in [4.78, 5) is 13.6. The second-order valence-electron chi connectivity index (χ2n) is 4.78. The Morgan fingerprint density at radius 3 is 2.58 bits per heavy atom. The second kappa shape index (κ2) is 5.43. The highest BCUT2D eigenvalue weighted by Gasteiger charge is 2.34. The van der Waals surface area contributed by atoms with Crippen LogP contribution in [-0.2, 0) is 0 Å². The third-order valence-electron chi connectivity index (χ3n) is 3.48. The first kappa shape index (κ1) is 14.2. The van der Waals surface area contributed by atoms with Crippen LogP contribution in [0, 0.1) is 5.82 Å². The van der Waals surface area contributed by atoms with E-state index in [1.807, 2.05) is 0 Å². The Balaban J connectivity index is 2.07. The molecular formula is C13H15ClF2N2O. The van der Waals surface area contributed by atoms with Crippen molar-refractivity contribution in [2.24, 2.45) is 5.73 Å². The van der Waals surface area contributed by atoms with E-state index in [4.69, 9.17) is 17.3 Å². The largest absolute Gasteiger partial charge is 0.338 e. The Labute approximate surface area is 115 Å². The molecule has 6 heteroatoms. The lowest BCUT2D eigenvalue weighted by molar-refractivity contribution is 0.0468. The fourth-order valence-electron chi connectivity index (χ4n) is 2.13. The third kappa shape index (κ3) is 3.04. The zero-order chi connectivity index (χ0) is 14.0. The number of carbonyl (C=O) groups is 1. The van der Waals surface area contributed by atoms with Crippen molar-refractivity contribution in [2.45, 2.75) is 18.5 Å². The number of amides is 1. The Morgan fingerprint density at radius 2 is 2.05 bits per heavy atom. The highest BCUT2D eigenvalue weighted by Crippen LogP contribution is 2.26. The number of halogens is 3. The van der Waals surface area contributed by atoms with E-state index in [9.17, 15) is 13.6 Å². The summed E-state index contributed by atoms with van der Waals surface area (Å²) >= 11 is 5.56. The Hall–Kier alpha value is -1.20. The summed E-state index contributed by atoms with van der Waals surface area (Å²) in [7, 11) is 0. The van der Waals surface area contributed by atoms with E-state index in [1.54, 1.807) is 0 Å². The summed E-state index contributed by atoms with van der Waals surface area (Å²) in [6, 6.07) is 3.91. The second-order valence-corrected chi connectivity index (χ2v) is 5.18. The van der Waals surface area contributed by atoms with Gasteiger partial charge in [0.15, 0.2) is 0 Å². The molecule has 1 aliphatic heterocycles. The van der Waals surface area contributed by atoms with Crippen LogP contribution < -0.4 is 5.73 Å². The summed E-state index contributed by atoms with van der Waals surface area (Å²) in [6.45, 7) is 0.540. The fourth-order valence-corrected chi connectivity index (χ4v) is 2.24. The fraction of sp³-hybridized carbons (Fsp3) is 0.462. The van der Waals surface area contributed by atoms with Gasteiger partial charge in [-0.15, -0.1) is 0 Å². The monoisotopic (exact) mass is 288 g/mol. The van der Waals surface area contributed by atoms with Crippen molar-refractivity contribution >= 4 is 17.5 Å². The molecule has 1 fully saturated rings. The molecule has 1 aromatic carbocycles. The number of rotatable bonds is 2. The predicted molar refractivity (Wildman–Crippen MR) is 69.4 cm³/mol. The van der Waals surface area contributed by atoms with Crippen molar-refractivity contribution < 1.29 is 13.6 Å².